The molecule has 0 saturated heterocycles. The Balaban J connectivity index is 2.52. The lowest BCUT2D eigenvalue weighted by Gasteiger charge is -2.20. The third-order valence-electron chi connectivity index (χ3n) is 2.18. The van der Waals surface area contributed by atoms with Gasteiger partial charge in [-0.15, -0.1) is 0 Å². The molecule has 1 aromatic rings. The Morgan fingerprint density at radius 2 is 2.31 bits per heavy atom. The number of aromatic nitrogens is 1. The first-order valence-electron chi connectivity index (χ1n) is 5.37. The van der Waals surface area contributed by atoms with Gasteiger partial charge in [0.05, 0.1) is 6.04 Å². The molecule has 0 bridgehead atoms. The van der Waals surface area contributed by atoms with Crippen LogP contribution in [0.15, 0.2) is 24.5 Å². The Bertz CT molecular complexity index is 343. The zero-order valence-electron chi connectivity index (χ0n) is 10.0. The van der Waals surface area contributed by atoms with Gasteiger partial charge in [0.15, 0.2) is 0 Å². The molecule has 4 heteroatoms. The summed E-state index contributed by atoms with van der Waals surface area (Å²) in [7, 11) is 0. The molecule has 0 radical (unpaired) electrons. The Morgan fingerprint density at radius 3 is 2.81 bits per heavy atom. The van der Waals surface area contributed by atoms with E-state index in [1.54, 1.807) is 12.4 Å². The number of carbonyl (C=O) groups excluding carboxylic acids is 1. The second kappa shape index (κ2) is 5.07. The van der Waals surface area contributed by atoms with Gasteiger partial charge < -0.3 is 11.1 Å². The van der Waals surface area contributed by atoms with Crippen LogP contribution in [0.4, 0.5) is 0 Å². The summed E-state index contributed by atoms with van der Waals surface area (Å²) < 4.78 is 0. The highest BCUT2D eigenvalue weighted by atomic mass is 16.1. The summed E-state index contributed by atoms with van der Waals surface area (Å²) in [6.07, 6.45) is 3.77. The maximum absolute atomic E-state index is 11.6. The van der Waals surface area contributed by atoms with Crippen LogP contribution in [0.25, 0.3) is 0 Å². The lowest BCUT2D eigenvalue weighted by atomic mass is 10.0. The third-order valence-corrected chi connectivity index (χ3v) is 2.18. The van der Waals surface area contributed by atoms with Crippen LogP contribution in [0.5, 0.6) is 0 Å². The number of hydrogen-bond acceptors (Lipinski definition) is 3. The first kappa shape index (κ1) is 12.6. The summed E-state index contributed by atoms with van der Waals surface area (Å²) in [5.41, 5.74) is 6.30. The summed E-state index contributed by atoms with van der Waals surface area (Å²) in [4.78, 5) is 15.6. The van der Waals surface area contributed by atoms with Gasteiger partial charge in [-0.25, -0.2) is 0 Å². The Labute approximate surface area is 96.3 Å². The van der Waals surface area contributed by atoms with Crippen molar-refractivity contribution in [2.24, 2.45) is 5.73 Å². The molecule has 16 heavy (non-hydrogen) atoms. The number of carbonyl (C=O) groups is 1. The van der Waals surface area contributed by atoms with E-state index >= 15 is 0 Å². The van der Waals surface area contributed by atoms with Crippen molar-refractivity contribution >= 4 is 5.91 Å². The first-order valence-corrected chi connectivity index (χ1v) is 5.37. The normalized spacial score (nSPS) is 13.2. The van der Waals surface area contributed by atoms with Crippen molar-refractivity contribution in [2.75, 3.05) is 0 Å². The van der Waals surface area contributed by atoms with Gasteiger partial charge in [0.1, 0.15) is 0 Å². The molecule has 0 aromatic carbocycles. The van der Waals surface area contributed by atoms with Crippen molar-refractivity contribution in [2.45, 2.75) is 38.8 Å². The number of hydrogen-bond donors (Lipinski definition) is 2. The minimum Gasteiger partial charge on any atom is -0.349 e. The second-order valence-electron chi connectivity index (χ2n) is 4.74. The summed E-state index contributed by atoms with van der Waals surface area (Å²) in [6, 6.07) is 3.75. The lowest BCUT2D eigenvalue weighted by Crippen LogP contribution is -2.39. The summed E-state index contributed by atoms with van der Waals surface area (Å²) in [5.74, 6) is -0.0381. The van der Waals surface area contributed by atoms with Crippen LogP contribution in [-0.2, 0) is 4.79 Å². The number of rotatable bonds is 4. The standard InChI is InChI=1S/C12H19N3O/c1-9(10-5-4-6-14-8-10)15-11(16)7-12(2,3)13/h4-6,8-9H,7,13H2,1-3H3,(H,15,16)/t9-/m0/s1. The molecule has 0 spiro atoms. The molecule has 0 fully saturated rings. The van der Waals surface area contributed by atoms with Crippen LogP contribution in [0.2, 0.25) is 0 Å². The number of amides is 1. The van der Waals surface area contributed by atoms with Gasteiger partial charge in [0.25, 0.3) is 0 Å². The van der Waals surface area contributed by atoms with Crippen LogP contribution in [0, 0.1) is 0 Å². The lowest BCUT2D eigenvalue weighted by molar-refractivity contribution is -0.122. The van der Waals surface area contributed by atoms with E-state index in [0.29, 0.717) is 6.42 Å². The van der Waals surface area contributed by atoms with E-state index in [-0.39, 0.29) is 11.9 Å². The van der Waals surface area contributed by atoms with Crippen molar-refractivity contribution in [1.29, 1.82) is 0 Å². The van der Waals surface area contributed by atoms with Gasteiger partial charge in [-0.05, 0) is 32.4 Å². The highest BCUT2D eigenvalue weighted by Gasteiger charge is 2.18. The van der Waals surface area contributed by atoms with E-state index in [9.17, 15) is 4.79 Å². The fraction of sp³-hybridized carbons (Fsp3) is 0.500. The van der Waals surface area contributed by atoms with E-state index in [1.165, 1.54) is 0 Å². The average Bonchev–Trinajstić information content (AvgIpc) is 2.16. The highest BCUT2D eigenvalue weighted by molar-refractivity contribution is 5.77. The molecule has 1 rings (SSSR count). The summed E-state index contributed by atoms with van der Waals surface area (Å²) in [6.45, 7) is 5.60. The molecule has 88 valence electrons. The fourth-order valence-corrected chi connectivity index (χ4v) is 1.42. The van der Waals surface area contributed by atoms with Crippen molar-refractivity contribution in [3.05, 3.63) is 30.1 Å². The molecule has 0 aliphatic carbocycles. The van der Waals surface area contributed by atoms with Crippen molar-refractivity contribution < 1.29 is 4.79 Å². The number of nitrogens with zero attached hydrogens (tertiary/aromatic N) is 1. The molecule has 0 unspecified atom stereocenters. The maximum Gasteiger partial charge on any atom is 0.222 e. The summed E-state index contributed by atoms with van der Waals surface area (Å²) in [5, 5.41) is 2.89. The van der Waals surface area contributed by atoms with E-state index < -0.39 is 5.54 Å². The number of pyridine rings is 1. The number of nitrogens with one attached hydrogen (secondary N) is 1. The van der Waals surface area contributed by atoms with Crippen LogP contribution < -0.4 is 11.1 Å². The third kappa shape index (κ3) is 4.40. The largest absolute Gasteiger partial charge is 0.349 e. The Kier molecular flexibility index (Phi) is 4.01. The fourth-order valence-electron chi connectivity index (χ4n) is 1.42. The highest BCUT2D eigenvalue weighted by Crippen LogP contribution is 2.11. The number of nitrogens with two attached hydrogens (primary N) is 1. The van der Waals surface area contributed by atoms with Crippen molar-refractivity contribution in [1.82, 2.24) is 10.3 Å². The molecule has 0 aliphatic rings. The van der Waals surface area contributed by atoms with Crippen LogP contribution >= 0.6 is 0 Å². The second-order valence-corrected chi connectivity index (χ2v) is 4.74. The van der Waals surface area contributed by atoms with Gasteiger partial charge in [0, 0.05) is 24.4 Å². The van der Waals surface area contributed by atoms with E-state index in [1.807, 2.05) is 32.9 Å². The molecule has 1 atom stereocenters. The molecule has 1 amide bonds. The molecule has 0 saturated carbocycles. The molecule has 1 aromatic heterocycles. The molecular weight excluding hydrogens is 202 g/mol. The van der Waals surface area contributed by atoms with Gasteiger partial charge in [-0.2, -0.15) is 0 Å². The Hall–Kier alpha value is -1.42. The molecule has 0 aliphatic heterocycles. The minimum atomic E-state index is -0.473. The van der Waals surface area contributed by atoms with Gasteiger partial charge >= 0.3 is 0 Å². The van der Waals surface area contributed by atoms with Gasteiger partial charge in [-0.3, -0.25) is 9.78 Å². The first-order chi connectivity index (χ1) is 7.38. The van der Waals surface area contributed by atoms with E-state index in [0.717, 1.165) is 5.56 Å². The zero-order chi connectivity index (χ0) is 12.2. The topological polar surface area (TPSA) is 68.0 Å². The van der Waals surface area contributed by atoms with Gasteiger partial charge in [-0.1, -0.05) is 6.07 Å². The predicted octanol–water partition coefficient (Wildman–Crippen LogP) is 1.39. The average molecular weight is 221 g/mol. The van der Waals surface area contributed by atoms with Crippen molar-refractivity contribution in [3.8, 4) is 0 Å². The maximum atomic E-state index is 11.6. The van der Waals surface area contributed by atoms with Crippen LogP contribution in [-0.4, -0.2) is 16.4 Å². The summed E-state index contributed by atoms with van der Waals surface area (Å²) >= 11 is 0. The van der Waals surface area contributed by atoms with Crippen LogP contribution in [0.3, 0.4) is 0 Å². The van der Waals surface area contributed by atoms with E-state index in [4.69, 9.17) is 5.73 Å². The predicted molar refractivity (Wildman–Crippen MR) is 63.7 cm³/mol. The smallest absolute Gasteiger partial charge is 0.222 e. The monoisotopic (exact) mass is 221 g/mol. The van der Waals surface area contributed by atoms with Gasteiger partial charge in [0.2, 0.25) is 5.91 Å². The quantitative estimate of drug-likeness (QED) is 0.807. The minimum absolute atomic E-state index is 0.0381. The van der Waals surface area contributed by atoms with Crippen LogP contribution in [0.1, 0.15) is 38.8 Å². The molecule has 1 heterocycles. The molecular formula is C12H19N3O. The van der Waals surface area contributed by atoms with Crippen molar-refractivity contribution in [3.63, 3.8) is 0 Å². The zero-order valence-corrected chi connectivity index (χ0v) is 10.0. The SMILES string of the molecule is C[C@H](NC(=O)CC(C)(C)N)c1cccnc1. The molecule has 3 N–H and O–H groups in total. The van der Waals surface area contributed by atoms with E-state index in [2.05, 4.69) is 10.3 Å². The molecule has 4 nitrogen and oxygen atoms in total. The Morgan fingerprint density at radius 1 is 1.62 bits per heavy atom.